The minimum Gasteiger partial charge on any atom is -1.00 e. The Morgan fingerprint density at radius 3 is 2.87 bits per heavy atom. The molecule has 2 N–H and O–H groups in total. The summed E-state index contributed by atoms with van der Waals surface area (Å²) in [4.78, 5) is 10.3. The van der Waals surface area contributed by atoms with Crippen LogP contribution < -0.4 is 34.9 Å². The van der Waals surface area contributed by atoms with Crippen molar-refractivity contribution in [2.24, 2.45) is 0 Å². The molecule has 1 aromatic carbocycles. The van der Waals surface area contributed by atoms with Gasteiger partial charge in [0.1, 0.15) is 6.54 Å². The van der Waals surface area contributed by atoms with Gasteiger partial charge in [-0.25, -0.2) is 0 Å². The van der Waals surface area contributed by atoms with E-state index in [2.05, 4.69) is 5.32 Å². The first kappa shape index (κ1) is 12.5. The molecule has 2 rings (SSSR count). The smallest absolute Gasteiger partial charge is 1.00 e. The van der Waals surface area contributed by atoms with E-state index >= 15 is 0 Å². The summed E-state index contributed by atoms with van der Waals surface area (Å²) < 4.78 is 1.17. The quantitative estimate of drug-likeness (QED) is 0.701. The fourth-order valence-corrected chi connectivity index (χ4v) is 2.19. The second kappa shape index (κ2) is 5.51. The normalized spacial score (nSPS) is 9.60. The van der Waals surface area contributed by atoms with Crippen molar-refractivity contribution in [2.75, 3.05) is 11.9 Å². The summed E-state index contributed by atoms with van der Waals surface area (Å²) in [5.41, 5.74) is 0. The standard InChI is InChI=1S/C10H9NO2S.Na.H/c12-10(13)6-11-9-5-7-3-1-2-4-8(7)14-9;;/h1-5,11H,6H2,(H,12,13);;/q;+1;-1. The van der Waals surface area contributed by atoms with Crippen LogP contribution in [0.3, 0.4) is 0 Å². The molecular weight excluding hydrogens is 221 g/mol. The van der Waals surface area contributed by atoms with E-state index in [0.717, 1.165) is 10.4 Å². The van der Waals surface area contributed by atoms with Crippen LogP contribution in [0.15, 0.2) is 30.3 Å². The molecule has 1 aromatic heterocycles. The van der Waals surface area contributed by atoms with E-state index in [1.165, 1.54) is 4.70 Å². The van der Waals surface area contributed by atoms with Crippen LogP contribution in [0.2, 0.25) is 0 Å². The molecule has 0 unspecified atom stereocenters. The van der Waals surface area contributed by atoms with Gasteiger partial charge in [0.25, 0.3) is 0 Å². The number of fused-ring (bicyclic) bond motifs is 1. The van der Waals surface area contributed by atoms with Crippen molar-refractivity contribution in [3.05, 3.63) is 30.3 Å². The molecule has 0 saturated carbocycles. The van der Waals surface area contributed by atoms with Gasteiger partial charge in [-0.05, 0) is 17.5 Å². The molecule has 3 nitrogen and oxygen atoms in total. The van der Waals surface area contributed by atoms with Crippen LogP contribution in [0.5, 0.6) is 0 Å². The second-order valence-corrected chi connectivity index (χ2v) is 3.98. The minimum atomic E-state index is -0.845. The van der Waals surface area contributed by atoms with E-state index in [0.29, 0.717) is 0 Å². The molecule has 0 saturated heterocycles. The molecule has 0 aliphatic rings. The van der Waals surface area contributed by atoms with Crippen molar-refractivity contribution >= 4 is 32.4 Å². The summed E-state index contributed by atoms with van der Waals surface area (Å²) in [5.74, 6) is -0.845. The Kier molecular flexibility index (Phi) is 4.60. The van der Waals surface area contributed by atoms with Crippen LogP contribution in [0, 0.1) is 0 Å². The molecule has 0 radical (unpaired) electrons. The van der Waals surface area contributed by atoms with Gasteiger partial charge in [0.05, 0.1) is 5.00 Å². The van der Waals surface area contributed by atoms with Gasteiger partial charge in [0.2, 0.25) is 0 Å². The molecule has 0 aliphatic heterocycles. The third-order valence-corrected chi connectivity index (χ3v) is 2.91. The van der Waals surface area contributed by atoms with E-state index in [-0.39, 0.29) is 37.5 Å². The SMILES string of the molecule is O=C(O)CNc1cc2ccccc2s1.[H-].[Na+]. The van der Waals surface area contributed by atoms with E-state index in [9.17, 15) is 4.79 Å². The van der Waals surface area contributed by atoms with Gasteiger partial charge in [-0.2, -0.15) is 0 Å². The third-order valence-electron chi connectivity index (χ3n) is 1.84. The molecule has 0 spiro atoms. The number of carboxylic acid groups (broad SMARTS) is 1. The summed E-state index contributed by atoms with van der Waals surface area (Å²) in [6.45, 7) is -0.0349. The molecule has 0 aliphatic carbocycles. The Morgan fingerprint density at radius 1 is 1.47 bits per heavy atom. The van der Waals surface area contributed by atoms with Crippen molar-refractivity contribution in [1.29, 1.82) is 0 Å². The van der Waals surface area contributed by atoms with Crippen molar-refractivity contribution in [3.63, 3.8) is 0 Å². The average Bonchev–Trinajstić information content (AvgIpc) is 2.57. The summed E-state index contributed by atoms with van der Waals surface area (Å²) in [6, 6.07) is 9.93. The van der Waals surface area contributed by atoms with Gasteiger partial charge in [0.15, 0.2) is 0 Å². The van der Waals surface area contributed by atoms with Crippen LogP contribution in [-0.2, 0) is 4.79 Å². The summed E-state index contributed by atoms with van der Waals surface area (Å²) in [5, 5.41) is 13.4. The van der Waals surface area contributed by atoms with Gasteiger partial charge in [-0.1, -0.05) is 18.2 Å². The first-order valence-electron chi connectivity index (χ1n) is 4.20. The van der Waals surface area contributed by atoms with Gasteiger partial charge in [0, 0.05) is 4.70 Å². The van der Waals surface area contributed by atoms with Crippen molar-refractivity contribution in [2.45, 2.75) is 0 Å². The Labute approximate surface area is 115 Å². The van der Waals surface area contributed by atoms with Gasteiger partial charge >= 0.3 is 35.5 Å². The Morgan fingerprint density at radius 2 is 2.20 bits per heavy atom. The molecule has 5 heteroatoms. The molecule has 0 atom stereocenters. The average molecular weight is 231 g/mol. The molecule has 0 fully saturated rings. The van der Waals surface area contributed by atoms with Crippen LogP contribution in [0.1, 0.15) is 1.43 Å². The zero-order valence-electron chi connectivity index (χ0n) is 9.36. The Hall–Kier alpha value is -0.550. The van der Waals surface area contributed by atoms with Crippen molar-refractivity contribution < 1.29 is 40.9 Å². The number of carbonyl (C=O) groups is 1. The number of anilines is 1. The number of thiophene rings is 1. The number of benzene rings is 1. The molecule has 2 aromatic rings. The Bertz CT molecular complexity index is 442. The first-order valence-corrected chi connectivity index (χ1v) is 5.01. The van der Waals surface area contributed by atoms with Crippen LogP contribution in [0.4, 0.5) is 5.00 Å². The Balaban J connectivity index is 0.00000112. The number of hydrogen-bond acceptors (Lipinski definition) is 3. The van der Waals surface area contributed by atoms with Gasteiger partial charge in [-0.15, -0.1) is 11.3 Å². The number of aliphatic carboxylic acids is 1. The monoisotopic (exact) mass is 231 g/mol. The molecule has 0 amide bonds. The molecule has 1 heterocycles. The van der Waals surface area contributed by atoms with E-state index in [4.69, 9.17) is 5.11 Å². The molecular formula is C10H10NNaO2S. The zero-order chi connectivity index (χ0) is 9.97. The van der Waals surface area contributed by atoms with Crippen molar-refractivity contribution in [3.8, 4) is 0 Å². The number of rotatable bonds is 3. The number of nitrogens with one attached hydrogen (secondary N) is 1. The van der Waals surface area contributed by atoms with Gasteiger partial charge < -0.3 is 11.8 Å². The van der Waals surface area contributed by atoms with Crippen LogP contribution >= 0.6 is 11.3 Å². The predicted molar refractivity (Wildman–Crippen MR) is 59.1 cm³/mol. The van der Waals surface area contributed by atoms with E-state index in [1.807, 2.05) is 30.3 Å². The number of carboxylic acids is 1. The maximum absolute atomic E-state index is 10.3. The third kappa shape index (κ3) is 3.21. The van der Waals surface area contributed by atoms with Crippen LogP contribution in [0.25, 0.3) is 10.1 Å². The predicted octanol–water partition coefficient (Wildman–Crippen LogP) is -0.486. The summed E-state index contributed by atoms with van der Waals surface area (Å²) in [7, 11) is 0. The van der Waals surface area contributed by atoms with Crippen LogP contribution in [-0.4, -0.2) is 17.6 Å². The van der Waals surface area contributed by atoms with Gasteiger partial charge in [-0.3, -0.25) is 4.79 Å². The summed E-state index contributed by atoms with van der Waals surface area (Å²) in [6.07, 6.45) is 0. The fourth-order valence-electron chi connectivity index (χ4n) is 1.23. The summed E-state index contributed by atoms with van der Waals surface area (Å²) >= 11 is 1.56. The second-order valence-electron chi connectivity index (χ2n) is 2.90. The van der Waals surface area contributed by atoms with E-state index in [1.54, 1.807) is 11.3 Å². The molecule has 15 heavy (non-hydrogen) atoms. The zero-order valence-corrected chi connectivity index (χ0v) is 11.2. The molecule has 74 valence electrons. The van der Waals surface area contributed by atoms with E-state index < -0.39 is 5.97 Å². The van der Waals surface area contributed by atoms with Crippen molar-refractivity contribution in [1.82, 2.24) is 0 Å². The topological polar surface area (TPSA) is 49.3 Å². The molecule has 0 bridgehead atoms. The first-order chi connectivity index (χ1) is 6.75. The minimum absolute atomic E-state index is 0. The largest absolute Gasteiger partial charge is 1.00 e. The maximum atomic E-state index is 10.3. The fraction of sp³-hybridized carbons (Fsp3) is 0.100. The maximum Gasteiger partial charge on any atom is 1.00 e. The number of hydrogen-bond donors (Lipinski definition) is 2.